The first-order valence-electron chi connectivity index (χ1n) is 15.3. The largest absolute Gasteiger partial charge is 0.480 e. The van der Waals surface area contributed by atoms with Crippen molar-refractivity contribution < 1.29 is 19.8 Å². The van der Waals surface area contributed by atoms with Gasteiger partial charge in [-0.15, -0.1) is 0 Å². The Morgan fingerprint density at radius 1 is 1.05 bits per heavy atom. The van der Waals surface area contributed by atoms with Crippen molar-refractivity contribution in [3.63, 3.8) is 0 Å². The number of H-pyrrole nitrogens is 1. The fraction of sp³-hybridized carbons (Fsp3) is 0.314. The molecule has 2 atom stereocenters. The van der Waals surface area contributed by atoms with Crippen LogP contribution in [0.4, 0.5) is 0 Å². The van der Waals surface area contributed by atoms with E-state index in [0.29, 0.717) is 23.5 Å². The van der Waals surface area contributed by atoms with Crippen LogP contribution in [0.1, 0.15) is 71.0 Å². The number of aromatic amines is 1. The van der Waals surface area contributed by atoms with E-state index < -0.39 is 24.0 Å². The van der Waals surface area contributed by atoms with Crippen LogP contribution in [0.2, 0.25) is 0 Å². The molecule has 2 unspecified atom stereocenters. The van der Waals surface area contributed by atoms with E-state index >= 15 is 0 Å². The predicted molar refractivity (Wildman–Crippen MR) is 169 cm³/mol. The third kappa shape index (κ3) is 5.28. The van der Waals surface area contributed by atoms with Gasteiger partial charge in [0.15, 0.2) is 0 Å². The highest BCUT2D eigenvalue weighted by Crippen LogP contribution is 2.37. The molecule has 3 aromatic heterocycles. The van der Waals surface area contributed by atoms with Gasteiger partial charge in [0.05, 0.1) is 22.7 Å². The number of carboxylic acid groups (broad SMARTS) is 1. The van der Waals surface area contributed by atoms with E-state index in [2.05, 4.69) is 38.1 Å². The Hall–Kier alpha value is -4.76. The zero-order valence-corrected chi connectivity index (χ0v) is 24.6. The summed E-state index contributed by atoms with van der Waals surface area (Å²) in [5.74, 6) is -0.723. The van der Waals surface area contributed by atoms with Gasteiger partial charge in [-0.25, -0.2) is 9.78 Å². The highest BCUT2D eigenvalue weighted by atomic mass is 16.4. The Balaban J connectivity index is 1.21. The number of aliphatic hydroxyl groups is 1. The SMILES string of the molecule is Cc1ccc2cc(-c3nc4cc(C(=O)NC(Cc5c[nH]c6c5CC(O)C=C6)C(=O)O)ccc4n3C3CCCCC3)ccc2n1. The Labute approximate surface area is 254 Å². The van der Waals surface area contributed by atoms with Crippen molar-refractivity contribution in [2.24, 2.45) is 0 Å². The molecule has 0 radical (unpaired) electrons. The van der Waals surface area contributed by atoms with Crippen molar-refractivity contribution in [2.45, 2.75) is 70.1 Å². The molecule has 0 bridgehead atoms. The normalized spacial score (nSPS) is 17.5. The van der Waals surface area contributed by atoms with Crippen LogP contribution in [-0.2, 0) is 17.6 Å². The van der Waals surface area contributed by atoms with E-state index in [1.165, 1.54) is 19.3 Å². The van der Waals surface area contributed by atoms with Gasteiger partial charge in [0.2, 0.25) is 0 Å². The topological polar surface area (TPSA) is 133 Å². The Morgan fingerprint density at radius 3 is 2.70 bits per heavy atom. The Bertz CT molecular complexity index is 1930. The maximum Gasteiger partial charge on any atom is 0.326 e. The van der Waals surface area contributed by atoms with Gasteiger partial charge in [-0.2, -0.15) is 0 Å². The van der Waals surface area contributed by atoms with Gasteiger partial charge in [-0.1, -0.05) is 31.4 Å². The third-order valence-corrected chi connectivity index (χ3v) is 9.02. The summed E-state index contributed by atoms with van der Waals surface area (Å²) >= 11 is 0. The molecule has 2 aliphatic carbocycles. The molecule has 5 aromatic rings. The molecule has 1 fully saturated rings. The number of nitrogens with one attached hydrogen (secondary N) is 2. The minimum Gasteiger partial charge on any atom is -0.480 e. The molecule has 9 nitrogen and oxygen atoms in total. The second kappa shape index (κ2) is 11.4. The number of aromatic nitrogens is 4. The molecule has 0 saturated heterocycles. The zero-order chi connectivity index (χ0) is 30.4. The van der Waals surface area contributed by atoms with Crippen LogP contribution in [0.25, 0.3) is 39.4 Å². The first-order chi connectivity index (χ1) is 21.3. The number of hydrogen-bond acceptors (Lipinski definition) is 5. The fourth-order valence-electron chi connectivity index (χ4n) is 6.75. The average molecular weight is 590 g/mol. The summed E-state index contributed by atoms with van der Waals surface area (Å²) in [6.45, 7) is 1.98. The molecule has 44 heavy (non-hydrogen) atoms. The van der Waals surface area contributed by atoms with Gasteiger partial charge in [-0.05, 0) is 79.4 Å². The molecule has 224 valence electrons. The number of rotatable bonds is 7. The lowest BCUT2D eigenvalue weighted by molar-refractivity contribution is -0.139. The Kier molecular flexibility index (Phi) is 7.26. The van der Waals surface area contributed by atoms with Crippen LogP contribution in [0.5, 0.6) is 0 Å². The minimum atomic E-state index is -1.13. The number of amides is 1. The number of aliphatic carboxylic acids is 1. The van der Waals surface area contributed by atoms with E-state index in [9.17, 15) is 19.8 Å². The number of carboxylic acids is 1. The molecular weight excluding hydrogens is 554 g/mol. The molecule has 9 heteroatoms. The number of benzene rings is 2. The van der Waals surface area contributed by atoms with E-state index in [0.717, 1.165) is 63.2 Å². The summed E-state index contributed by atoms with van der Waals surface area (Å²) in [5.41, 5.74) is 7.43. The fourth-order valence-corrected chi connectivity index (χ4v) is 6.75. The third-order valence-electron chi connectivity index (χ3n) is 9.02. The van der Waals surface area contributed by atoms with E-state index in [-0.39, 0.29) is 6.42 Å². The summed E-state index contributed by atoms with van der Waals surface area (Å²) in [4.78, 5) is 38.5. The van der Waals surface area contributed by atoms with Crippen LogP contribution in [0, 0.1) is 6.92 Å². The second-order valence-electron chi connectivity index (χ2n) is 12.1. The van der Waals surface area contributed by atoms with Crippen molar-refractivity contribution in [3.8, 4) is 11.4 Å². The van der Waals surface area contributed by atoms with Crippen molar-refractivity contribution in [2.75, 3.05) is 0 Å². The number of fused-ring (bicyclic) bond motifs is 3. The highest BCUT2D eigenvalue weighted by Gasteiger charge is 2.27. The van der Waals surface area contributed by atoms with Gasteiger partial charge in [-0.3, -0.25) is 9.78 Å². The Morgan fingerprint density at radius 2 is 1.89 bits per heavy atom. The number of aryl methyl sites for hydroxylation is 1. The number of hydrogen-bond donors (Lipinski definition) is 4. The van der Waals surface area contributed by atoms with Crippen molar-refractivity contribution in [1.82, 2.24) is 24.8 Å². The lowest BCUT2D eigenvalue weighted by Gasteiger charge is -2.25. The van der Waals surface area contributed by atoms with Crippen LogP contribution < -0.4 is 5.32 Å². The molecule has 1 saturated carbocycles. The smallest absolute Gasteiger partial charge is 0.326 e. The molecule has 0 spiro atoms. The van der Waals surface area contributed by atoms with Crippen LogP contribution >= 0.6 is 0 Å². The molecule has 3 heterocycles. The molecule has 2 aliphatic rings. The zero-order valence-electron chi connectivity index (χ0n) is 24.6. The number of carbonyl (C=O) groups is 2. The van der Waals surface area contributed by atoms with Crippen molar-refractivity contribution >= 4 is 39.9 Å². The number of carbonyl (C=O) groups excluding carboxylic acids is 1. The molecule has 2 aromatic carbocycles. The van der Waals surface area contributed by atoms with E-state index in [1.807, 2.05) is 25.1 Å². The summed E-state index contributed by atoms with van der Waals surface area (Å²) in [6.07, 6.45) is 10.9. The number of pyridine rings is 1. The van der Waals surface area contributed by atoms with Crippen LogP contribution in [0.3, 0.4) is 0 Å². The first-order valence-corrected chi connectivity index (χ1v) is 15.3. The monoisotopic (exact) mass is 589 g/mol. The minimum absolute atomic E-state index is 0.104. The summed E-state index contributed by atoms with van der Waals surface area (Å²) < 4.78 is 2.33. The van der Waals surface area contributed by atoms with Crippen molar-refractivity contribution in [1.29, 1.82) is 0 Å². The molecule has 1 amide bonds. The second-order valence-corrected chi connectivity index (χ2v) is 12.1. The lowest BCUT2D eigenvalue weighted by Crippen LogP contribution is -2.42. The van der Waals surface area contributed by atoms with Gasteiger partial charge < -0.3 is 25.1 Å². The highest BCUT2D eigenvalue weighted by molar-refractivity contribution is 6.00. The van der Waals surface area contributed by atoms with Crippen molar-refractivity contribution in [3.05, 3.63) is 88.9 Å². The van der Waals surface area contributed by atoms with Gasteiger partial charge in [0.25, 0.3) is 5.91 Å². The quantitative estimate of drug-likeness (QED) is 0.191. The van der Waals surface area contributed by atoms with E-state index in [4.69, 9.17) is 4.98 Å². The molecule has 0 aliphatic heterocycles. The molecular formula is C35H35N5O4. The maximum atomic E-state index is 13.4. The van der Waals surface area contributed by atoms with Crippen LogP contribution in [-0.4, -0.2) is 53.8 Å². The van der Waals surface area contributed by atoms with Crippen LogP contribution in [0.15, 0.2) is 60.8 Å². The number of imidazole rings is 1. The molecule has 4 N–H and O–H groups in total. The predicted octanol–water partition coefficient (Wildman–Crippen LogP) is 5.75. The first kappa shape index (κ1) is 28.0. The summed E-state index contributed by atoms with van der Waals surface area (Å²) in [5, 5.41) is 23.8. The average Bonchev–Trinajstić information content (AvgIpc) is 3.61. The summed E-state index contributed by atoms with van der Waals surface area (Å²) in [6, 6.07) is 15.0. The standard InChI is InChI=1S/C35H35N5O4/c1-20-7-8-21-15-22(9-12-28(21)37-20)33-38-30-16-23(10-14-32(30)40(33)25-5-3-2-4-6-25)34(42)39-31(35(43)44)17-24-19-36-29-13-11-26(41)18-27(24)29/h7-16,19,25-26,31,36,41H,2-6,17-18H2,1H3,(H,39,42)(H,43,44). The maximum absolute atomic E-state index is 13.4. The lowest BCUT2D eigenvalue weighted by atomic mass is 9.94. The summed E-state index contributed by atoms with van der Waals surface area (Å²) in [7, 11) is 0. The van der Waals surface area contributed by atoms with Gasteiger partial charge in [0, 0.05) is 53.0 Å². The van der Waals surface area contributed by atoms with E-state index in [1.54, 1.807) is 30.5 Å². The molecule has 7 rings (SSSR count). The number of nitrogens with zero attached hydrogens (tertiary/aromatic N) is 3. The van der Waals surface area contributed by atoms with Gasteiger partial charge >= 0.3 is 5.97 Å². The van der Waals surface area contributed by atoms with Gasteiger partial charge in [0.1, 0.15) is 11.9 Å². The number of aliphatic hydroxyl groups excluding tert-OH is 1.